The van der Waals surface area contributed by atoms with Gasteiger partial charge < -0.3 is 5.73 Å². The maximum Gasteiger partial charge on any atom is 0.131 e. The molecular weight excluding hydrogens is 261 g/mol. The fourth-order valence-electron chi connectivity index (χ4n) is 2.88. The molecule has 21 heavy (non-hydrogen) atoms. The summed E-state index contributed by atoms with van der Waals surface area (Å²) in [6.07, 6.45) is 0. The van der Waals surface area contributed by atoms with Crippen LogP contribution in [0.5, 0.6) is 0 Å². The van der Waals surface area contributed by atoms with Gasteiger partial charge in [-0.3, -0.25) is 0 Å². The number of aryl methyl sites for hydroxylation is 2. The maximum absolute atomic E-state index is 14.4. The fraction of sp³-hybridized carbons (Fsp3) is 0.158. The Balaban J connectivity index is 2.24. The Hall–Kier alpha value is -2.19. The molecule has 0 aliphatic carbocycles. The SMILES string of the molecule is Cc1cccc(C(N)c2c(C)ccc3ccccc23)c1F. The van der Waals surface area contributed by atoms with Gasteiger partial charge in [-0.15, -0.1) is 0 Å². The molecule has 0 aliphatic heterocycles. The average molecular weight is 279 g/mol. The molecule has 1 atom stereocenters. The molecule has 0 radical (unpaired) electrons. The molecule has 106 valence electrons. The van der Waals surface area contributed by atoms with Gasteiger partial charge in [-0.05, 0) is 41.3 Å². The van der Waals surface area contributed by atoms with Gasteiger partial charge in [0.05, 0.1) is 6.04 Å². The minimum absolute atomic E-state index is 0.211. The summed E-state index contributed by atoms with van der Waals surface area (Å²) in [5, 5.41) is 2.22. The quantitative estimate of drug-likeness (QED) is 0.726. The van der Waals surface area contributed by atoms with Crippen molar-refractivity contribution in [2.75, 3.05) is 0 Å². The number of halogens is 1. The van der Waals surface area contributed by atoms with Gasteiger partial charge in [0.25, 0.3) is 0 Å². The van der Waals surface area contributed by atoms with Crippen molar-refractivity contribution >= 4 is 10.8 Å². The smallest absolute Gasteiger partial charge is 0.131 e. The second-order valence-electron chi connectivity index (χ2n) is 5.47. The Labute approximate surface area is 124 Å². The second kappa shape index (κ2) is 5.30. The highest BCUT2D eigenvalue weighted by Crippen LogP contribution is 2.31. The van der Waals surface area contributed by atoms with Gasteiger partial charge in [-0.1, -0.05) is 54.6 Å². The van der Waals surface area contributed by atoms with Crippen LogP contribution >= 0.6 is 0 Å². The largest absolute Gasteiger partial charge is 0.320 e. The van der Waals surface area contributed by atoms with Crippen LogP contribution in [0.1, 0.15) is 28.3 Å². The Morgan fingerprint density at radius 3 is 2.43 bits per heavy atom. The molecule has 2 N–H and O–H groups in total. The van der Waals surface area contributed by atoms with Gasteiger partial charge >= 0.3 is 0 Å². The first kappa shape index (κ1) is 13.8. The van der Waals surface area contributed by atoms with Crippen LogP contribution in [0.4, 0.5) is 4.39 Å². The van der Waals surface area contributed by atoms with Gasteiger partial charge in [0, 0.05) is 5.56 Å². The van der Waals surface area contributed by atoms with Crippen molar-refractivity contribution in [1.82, 2.24) is 0 Å². The standard InChI is InChI=1S/C19H18FN/c1-12-10-11-14-7-3-4-8-15(14)17(12)19(21)16-9-5-6-13(2)18(16)20/h3-11,19H,21H2,1-2H3. The van der Waals surface area contributed by atoms with Crippen molar-refractivity contribution in [3.63, 3.8) is 0 Å². The van der Waals surface area contributed by atoms with Crippen LogP contribution in [0.25, 0.3) is 10.8 Å². The highest BCUT2D eigenvalue weighted by Gasteiger charge is 2.18. The highest BCUT2D eigenvalue weighted by molar-refractivity contribution is 5.87. The monoisotopic (exact) mass is 279 g/mol. The summed E-state index contributed by atoms with van der Waals surface area (Å²) in [4.78, 5) is 0. The average Bonchev–Trinajstić information content (AvgIpc) is 2.49. The molecular formula is C19H18FN. The molecule has 0 aliphatic rings. The normalized spacial score (nSPS) is 12.6. The Kier molecular flexibility index (Phi) is 3.48. The van der Waals surface area contributed by atoms with E-state index in [0.717, 1.165) is 21.9 Å². The Morgan fingerprint density at radius 1 is 0.857 bits per heavy atom. The lowest BCUT2D eigenvalue weighted by Gasteiger charge is -2.19. The van der Waals surface area contributed by atoms with Gasteiger partial charge in [-0.2, -0.15) is 0 Å². The predicted molar refractivity (Wildman–Crippen MR) is 85.9 cm³/mol. The van der Waals surface area contributed by atoms with E-state index in [4.69, 9.17) is 5.73 Å². The summed E-state index contributed by atoms with van der Waals surface area (Å²) in [5.74, 6) is -0.211. The molecule has 0 saturated carbocycles. The first-order valence-electron chi connectivity index (χ1n) is 7.08. The molecule has 1 nitrogen and oxygen atoms in total. The molecule has 0 aromatic heterocycles. The number of hydrogen-bond donors (Lipinski definition) is 1. The van der Waals surface area contributed by atoms with Crippen molar-refractivity contribution < 1.29 is 4.39 Å². The van der Waals surface area contributed by atoms with Crippen molar-refractivity contribution in [1.29, 1.82) is 0 Å². The summed E-state index contributed by atoms with van der Waals surface area (Å²) in [6.45, 7) is 3.79. The van der Waals surface area contributed by atoms with Gasteiger partial charge in [0.1, 0.15) is 5.82 Å². The third kappa shape index (κ3) is 2.32. The molecule has 0 amide bonds. The minimum Gasteiger partial charge on any atom is -0.320 e. The van der Waals surface area contributed by atoms with Gasteiger partial charge in [0.2, 0.25) is 0 Å². The molecule has 0 bridgehead atoms. The lowest BCUT2D eigenvalue weighted by molar-refractivity contribution is 0.591. The summed E-state index contributed by atoms with van der Waals surface area (Å²) in [6, 6.07) is 17.1. The van der Waals surface area contributed by atoms with Crippen LogP contribution in [-0.4, -0.2) is 0 Å². The van der Waals surface area contributed by atoms with Crippen LogP contribution in [0.2, 0.25) is 0 Å². The van der Waals surface area contributed by atoms with E-state index >= 15 is 0 Å². The van der Waals surface area contributed by atoms with E-state index < -0.39 is 6.04 Å². The molecule has 2 heteroatoms. The van der Waals surface area contributed by atoms with Crippen LogP contribution in [0.15, 0.2) is 54.6 Å². The Morgan fingerprint density at radius 2 is 1.62 bits per heavy atom. The number of fused-ring (bicyclic) bond motifs is 1. The number of rotatable bonds is 2. The zero-order chi connectivity index (χ0) is 15.0. The zero-order valence-corrected chi connectivity index (χ0v) is 12.2. The summed E-state index contributed by atoms with van der Waals surface area (Å²) in [5.41, 5.74) is 9.67. The summed E-state index contributed by atoms with van der Waals surface area (Å²) < 4.78 is 14.4. The van der Waals surface area contributed by atoms with Crippen molar-refractivity contribution in [2.45, 2.75) is 19.9 Å². The molecule has 0 fully saturated rings. The molecule has 1 unspecified atom stereocenters. The summed E-state index contributed by atoms with van der Waals surface area (Å²) in [7, 11) is 0. The first-order valence-corrected chi connectivity index (χ1v) is 7.08. The molecule has 0 spiro atoms. The second-order valence-corrected chi connectivity index (χ2v) is 5.47. The van der Waals surface area contributed by atoms with Crippen molar-refractivity contribution in [3.05, 3.63) is 82.7 Å². The molecule has 3 aromatic carbocycles. The van der Waals surface area contributed by atoms with E-state index in [2.05, 4.69) is 12.1 Å². The van der Waals surface area contributed by atoms with E-state index in [9.17, 15) is 4.39 Å². The van der Waals surface area contributed by atoms with Gasteiger partial charge in [-0.25, -0.2) is 4.39 Å². The minimum atomic E-state index is -0.462. The lowest BCUT2D eigenvalue weighted by atomic mass is 9.90. The number of hydrogen-bond acceptors (Lipinski definition) is 1. The topological polar surface area (TPSA) is 26.0 Å². The van der Waals surface area contributed by atoms with Crippen LogP contribution in [0.3, 0.4) is 0 Å². The van der Waals surface area contributed by atoms with Crippen LogP contribution < -0.4 is 5.73 Å². The van der Waals surface area contributed by atoms with E-state index in [1.807, 2.05) is 37.3 Å². The van der Waals surface area contributed by atoms with Gasteiger partial charge in [0.15, 0.2) is 0 Å². The van der Waals surface area contributed by atoms with E-state index in [-0.39, 0.29) is 5.82 Å². The third-order valence-electron chi connectivity index (χ3n) is 4.06. The highest BCUT2D eigenvalue weighted by atomic mass is 19.1. The Bertz CT molecular complexity index is 808. The molecule has 0 saturated heterocycles. The molecule has 0 heterocycles. The summed E-state index contributed by atoms with van der Waals surface area (Å²) >= 11 is 0. The lowest BCUT2D eigenvalue weighted by Crippen LogP contribution is -2.16. The predicted octanol–water partition coefficient (Wildman–Crippen LogP) is 4.64. The van der Waals surface area contributed by atoms with Crippen LogP contribution in [0, 0.1) is 19.7 Å². The van der Waals surface area contributed by atoms with Crippen molar-refractivity contribution in [2.24, 2.45) is 5.73 Å². The maximum atomic E-state index is 14.4. The number of benzene rings is 3. The van der Waals surface area contributed by atoms with E-state index in [1.165, 1.54) is 0 Å². The van der Waals surface area contributed by atoms with Crippen molar-refractivity contribution in [3.8, 4) is 0 Å². The molecule has 3 aromatic rings. The first-order chi connectivity index (χ1) is 10.1. The zero-order valence-electron chi connectivity index (χ0n) is 12.2. The van der Waals surface area contributed by atoms with E-state index in [1.54, 1.807) is 19.1 Å². The van der Waals surface area contributed by atoms with E-state index in [0.29, 0.717) is 11.1 Å². The third-order valence-corrected chi connectivity index (χ3v) is 4.06. The number of nitrogens with two attached hydrogens (primary N) is 1. The fourth-order valence-corrected chi connectivity index (χ4v) is 2.88. The molecule has 3 rings (SSSR count). The van der Waals surface area contributed by atoms with Crippen LogP contribution in [-0.2, 0) is 0 Å².